The lowest BCUT2D eigenvalue weighted by molar-refractivity contribution is -0.153. The van der Waals surface area contributed by atoms with Gasteiger partial charge in [0, 0.05) is 24.4 Å². The van der Waals surface area contributed by atoms with E-state index in [-0.39, 0.29) is 17.2 Å². The molecule has 0 bridgehead atoms. The van der Waals surface area contributed by atoms with Crippen molar-refractivity contribution in [1.82, 2.24) is 19.9 Å². The fraction of sp³-hybridized carbons (Fsp3) is 0.381. The standard InChI is InChI=1S/C21H21F3N4O3S/c22-21(23,24)12-31-15-7-5-14(6-8-15)28-19(30)18-16(9-10-25-18)27-20(28)32-11-1-2-17(29)26-13-3-4-13/h5-10,13,25H,1-4,11-12H2,(H,26,29). The molecule has 0 spiro atoms. The lowest BCUT2D eigenvalue weighted by atomic mass is 10.3. The lowest BCUT2D eigenvalue weighted by Crippen LogP contribution is -2.25. The number of ether oxygens (including phenoxy) is 1. The minimum absolute atomic E-state index is 0.0222. The second-order valence-corrected chi connectivity index (χ2v) is 8.53. The van der Waals surface area contributed by atoms with Gasteiger partial charge in [0.25, 0.3) is 5.56 Å². The molecule has 1 fully saturated rings. The molecule has 2 N–H and O–H groups in total. The number of amides is 1. The average molecular weight is 466 g/mol. The number of halogens is 3. The number of carbonyl (C=O) groups is 1. The van der Waals surface area contributed by atoms with Crippen molar-refractivity contribution in [3.05, 3.63) is 46.9 Å². The minimum Gasteiger partial charge on any atom is -0.484 e. The monoisotopic (exact) mass is 466 g/mol. The fourth-order valence-corrected chi connectivity index (χ4v) is 4.03. The third-order valence-corrected chi connectivity index (χ3v) is 5.79. The number of H-pyrrole nitrogens is 1. The topological polar surface area (TPSA) is 89.0 Å². The maximum Gasteiger partial charge on any atom is 0.422 e. The van der Waals surface area contributed by atoms with E-state index in [9.17, 15) is 22.8 Å². The zero-order valence-corrected chi connectivity index (χ0v) is 17.8. The van der Waals surface area contributed by atoms with Crippen molar-refractivity contribution in [1.29, 1.82) is 0 Å². The molecule has 0 unspecified atom stereocenters. The van der Waals surface area contributed by atoms with Gasteiger partial charge >= 0.3 is 6.18 Å². The first-order valence-electron chi connectivity index (χ1n) is 10.1. The van der Waals surface area contributed by atoms with E-state index in [1.807, 2.05) is 0 Å². The summed E-state index contributed by atoms with van der Waals surface area (Å²) < 4.78 is 43.2. The molecule has 7 nitrogen and oxygen atoms in total. The fourth-order valence-electron chi connectivity index (χ4n) is 3.08. The third kappa shape index (κ3) is 5.64. The Morgan fingerprint density at radius 3 is 2.69 bits per heavy atom. The highest BCUT2D eigenvalue weighted by molar-refractivity contribution is 7.99. The van der Waals surface area contributed by atoms with E-state index in [4.69, 9.17) is 4.74 Å². The van der Waals surface area contributed by atoms with Gasteiger partial charge < -0.3 is 15.0 Å². The Kier molecular flexibility index (Phi) is 6.45. The summed E-state index contributed by atoms with van der Waals surface area (Å²) in [6.45, 7) is -1.39. The van der Waals surface area contributed by atoms with Crippen molar-refractivity contribution in [3.8, 4) is 11.4 Å². The molecule has 0 saturated heterocycles. The smallest absolute Gasteiger partial charge is 0.422 e. The zero-order chi connectivity index (χ0) is 22.7. The van der Waals surface area contributed by atoms with E-state index in [1.54, 1.807) is 12.3 Å². The Bertz CT molecular complexity index is 1150. The van der Waals surface area contributed by atoms with Crippen LogP contribution in [0, 0.1) is 0 Å². The summed E-state index contributed by atoms with van der Waals surface area (Å²) in [5.41, 5.74) is 0.978. The highest BCUT2D eigenvalue weighted by Crippen LogP contribution is 2.25. The number of hydrogen-bond donors (Lipinski definition) is 2. The van der Waals surface area contributed by atoms with E-state index in [0.717, 1.165) is 12.8 Å². The van der Waals surface area contributed by atoms with E-state index in [1.165, 1.54) is 40.6 Å². The highest BCUT2D eigenvalue weighted by atomic mass is 32.2. The van der Waals surface area contributed by atoms with Crippen molar-refractivity contribution >= 4 is 28.7 Å². The molecule has 2 aromatic heterocycles. The van der Waals surface area contributed by atoms with Crippen molar-refractivity contribution in [2.24, 2.45) is 0 Å². The number of fused-ring (bicyclic) bond motifs is 1. The van der Waals surface area contributed by atoms with Crippen molar-refractivity contribution in [2.75, 3.05) is 12.4 Å². The molecule has 1 amide bonds. The minimum atomic E-state index is -4.43. The number of alkyl halides is 3. The summed E-state index contributed by atoms with van der Waals surface area (Å²) in [5, 5.41) is 3.38. The quantitative estimate of drug-likeness (QED) is 0.285. The van der Waals surface area contributed by atoms with Gasteiger partial charge in [0.1, 0.15) is 11.3 Å². The summed E-state index contributed by atoms with van der Waals surface area (Å²) in [6.07, 6.45) is 0.270. The number of benzene rings is 1. The summed E-state index contributed by atoms with van der Waals surface area (Å²) in [6, 6.07) is 7.79. The summed E-state index contributed by atoms with van der Waals surface area (Å²) in [7, 11) is 0. The first kappa shape index (κ1) is 22.3. The Hall–Kier alpha value is -2.95. The molecule has 2 heterocycles. The largest absolute Gasteiger partial charge is 0.484 e. The Morgan fingerprint density at radius 2 is 2.00 bits per heavy atom. The van der Waals surface area contributed by atoms with Gasteiger partial charge in [-0.05, 0) is 49.6 Å². The van der Waals surface area contributed by atoms with E-state index < -0.39 is 12.8 Å². The van der Waals surface area contributed by atoms with Gasteiger partial charge in [0.15, 0.2) is 11.8 Å². The molecular weight excluding hydrogens is 445 g/mol. The summed E-state index contributed by atoms with van der Waals surface area (Å²) >= 11 is 1.35. The predicted molar refractivity (Wildman–Crippen MR) is 114 cm³/mol. The maximum atomic E-state index is 13.1. The van der Waals surface area contributed by atoms with Crippen molar-refractivity contribution < 1.29 is 22.7 Å². The normalized spacial score (nSPS) is 14.0. The number of aromatic nitrogens is 3. The molecule has 0 atom stereocenters. The Labute approximate surface area is 185 Å². The predicted octanol–water partition coefficient (Wildman–Crippen LogP) is 3.81. The number of carbonyl (C=O) groups excluding carboxylic acids is 1. The lowest BCUT2D eigenvalue weighted by Gasteiger charge is -2.13. The van der Waals surface area contributed by atoms with Gasteiger partial charge in [0.05, 0.1) is 11.2 Å². The van der Waals surface area contributed by atoms with E-state index >= 15 is 0 Å². The van der Waals surface area contributed by atoms with Crippen LogP contribution in [0.25, 0.3) is 16.7 Å². The third-order valence-electron chi connectivity index (χ3n) is 4.77. The number of aromatic amines is 1. The second kappa shape index (κ2) is 9.27. The molecule has 1 saturated carbocycles. The van der Waals surface area contributed by atoms with Crippen LogP contribution in [0.2, 0.25) is 0 Å². The molecule has 11 heteroatoms. The Morgan fingerprint density at radius 1 is 1.25 bits per heavy atom. The second-order valence-electron chi connectivity index (χ2n) is 7.46. The van der Waals surface area contributed by atoms with Crippen LogP contribution in [-0.2, 0) is 4.79 Å². The molecule has 1 aromatic carbocycles. The van der Waals surface area contributed by atoms with Crippen LogP contribution >= 0.6 is 11.8 Å². The van der Waals surface area contributed by atoms with Gasteiger partial charge in [-0.3, -0.25) is 14.2 Å². The molecule has 0 radical (unpaired) electrons. The summed E-state index contributed by atoms with van der Waals surface area (Å²) in [5.74, 6) is 0.644. The van der Waals surface area contributed by atoms with Crippen LogP contribution in [0.15, 0.2) is 46.5 Å². The molecule has 1 aliphatic carbocycles. The van der Waals surface area contributed by atoms with Gasteiger partial charge in [0.2, 0.25) is 5.91 Å². The molecule has 32 heavy (non-hydrogen) atoms. The number of nitrogens with zero attached hydrogens (tertiary/aromatic N) is 2. The van der Waals surface area contributed by atoms with E-state index in [0.29, 0.717) is 46.5 Å². The molecular formula is C21H21F3N4O3S. The van der Waals surface area contributed by atoms with Crippen LogP contribution in [0.1, 0.15) is 25.7 Å². The maximum absolute atomic E-state index is 13.1. The highest BCUT2D eigenvalue weighted by Gasteiger charge is 2.28. The van der Waals surface area contributed by atoms with Crippen LogP contribution in [-0.4, -0.2) is 45.0 Å². The van der Waals surface area contributed by atoms with Crippen LogP contribution in [0.3, 0.4) is 0 Å². The molecule has 1 aliphatic rings. The molecule has 3 aromatic rings. The first-order chi connectivity index (χ1) is 15.3. The van der Waals surface area contributed by atoms with Crippen molar-refractivity contribution in [3.63, 3.8) is 0 Å². The number of nitrogens with one attached hydrogen (secondary N) is 2. The number of hydrogen-bond acceptors (Lipinski definition) is 5. The zero-order valence-electron chi connectivity index (χ0n) is 16.9. The van der Waals surface area contributed by atoms with Gasteiger partial charge in [-0.2, -0.15) is 13.2 Å². The Balaban J connectivity index is 1.51. The number of rotatable bonds is 9. The van der Waals surface area contributed by atoms with Gasteiger partial charge in [-0.25, -0.2) is 4.98 Å². The molecule has 4 rings (SSSR count). The van der Waals surface area contributed by atoms with Gasteiger partial charge in [-0.1, -0.05) is 11.8 Å². The van der Waals surface area contributed by atoms with E-state index in [2.05, 4.69) is 15.3 Å². The number of thioether (sulfide) groups is 1. The molecule has 0 aliphatic heterocycles. The van der Waals surface area contributed by atoms with Crippen LogP contribution in [0.5, 0.6) is 5.75 Å². The van der Waals surface area contributed by atoms with Gasteiger partial charge in [-0.15, -0.1) is 0 Å². The average Bonchev–Trinajstić information content (AvgIpc) is 3.42. The van der Waals surface area contributed by atoms with Crippen LogP contribution in [0.4, 0.5) is 13.2 Å². The summed E-state index contributed by atoms with van der Waals surface area (Å²) in [4.78, 5) is 32.3. The van der Waals surface area contributed by atoms with Crippen LogP contribution < -0.4 is 15.6 Å². The SMILES string of the molecule is O=C(CCCSc1nc2cc[nH]c2c(=O)n1-c1ccc(OCC(F)(F)F)cc1)NC1CC1. The first-order valence-corrected chi connectivity index (χ1v) is 11.1. The van der Waals surface area contributed by atoms with Crippen molar-refractivity contribution in [2.45, 2.75) is 43.1 Å². The molecule has 170 valence electrons.